The minimum Gasteiger partial charge on any atom is -0.472 e. The molecule has 1 atom stereocenters. The van der Waals surface area contributed by atoms with Crippen molar-refractivity contribution in [2.75, 3.05) is 26.3 Å². The van der Waals surface area contributed by atoms with E-state index in [1.807, 2.05) is 13.1 Å². The Morgan fingerprint density at radius 1 is 1.44 bits per heavy atom. The molecule has 1 fully saturated rings. The molecule has 1 aliphatic rings. The average Bonchev–Trinajstić information content (AvgIpc) is 3.27. The Bertz CT molecular complexity index is 710. The molecule has 2 amide bonds. The van der Waals surface area contributed by atoms with Gasteiger partial charge in [-0.25, -0.2) is 0 Å². The summed E-state index contributed by atoms with van der Waals surface area (Å²) in [6.45, 7) is 4.36. The van der Waals surface area contributed by atoms with Crippen LogP contribution in [0.1, 0.15) is 22.3 Å². The molecular weight excluding hydrogens is 324 g/mol. The fourth-order valence-electron chi connectivity index (χ4n) is 2.83. The van der Waals surface area contributed by atoms with Crippen LogP contribution in [-0.4, -0.2) is 58.8 Å². The summed E-state index contributed by atoms with van der Waals surface area (Å²) in [4.78, 5) is 26.4. The molecule has 8 nitrogen and oxygen atoms in total. The van der Waals surface area contributed by atoms with Crippen molar-refractivity contribution in [1.29, 1.82) is 0 Å². The molecular formula is C17H22N4O4. The van der Waals surface area contributed by atoms with E-state index in [9.17, 15) is 9.59 Å². The van der Waals surface area contributed by atoms with Crippen molar-refractivity contribution in [3.05, 3.63) is 42.1 Å². The second kappa shape index (κ2) is 7.98. The summed E-state index contributed by atoms with van der Waals surface area (Å²) in [5.74, 6) is -0.244. The first kappa shape index (κ1) is 17.2. The third-order valence-corrected chi connectivity index (χ3v) is 4.10. The van der Waals surface area contributed by atoms with Gasteiger partial charge in [-0.1, -0.05) is 0 Å². The summed E-state index contributed by atoms with van der Waals surface area (Å²) in [6, 6.07) is 1.35. The van der Waals surface area contributed by atoms with E-state index in [1.54, 1.807) is 21.8 Å². The zero-order valence-electron chi connectivity index (χ0n) is 14.2. The summed E-state index contributed by atoms with van der Waals surface area (Å²) < 4.78 is 12.2. The Hall–Kier alpha value is -2.61. The highest BCUT2D eigenvalue weighted by atomic mass is 16.5. The highest BCUT2D eigenvalue weighted by Crippen LogP contribution is 2.15. The van der Waals surface area contributed by atoms with Crippen LogP contribution in [-0.2, 0) is 16.1 Å². The van der Waals surface area contributed by atoms with Gasteiger partial charge in [-0.05, 0) is 18.6 Å². The molecule has 0 saturated carbocycles. The third kappa shape index (κ3) is 4.48. The minimum atomic E-state index is -0.275. The number of hydrogen-bond donors (Lipinski definition) is 1. The molecule has 0 aliphatic carbocycles. The van der Waals surface area contributed by atoms with Gasteiger partial charge in [0, 0.05) is 25.7 Å². The maximum atomic E-state index is 12.5. The second-order valence-electron chi connectivity index (χ2n) is 6.07. The number of ether oxygens (including phenoxy) is 1. The fourth-order valence-corrected chi connectivity index (χ4v) is 2.83. The van der Waals surface area contributed by atoms with E-state index in [0.29, 0.717) is 38.4 Å². The van der Waals surface area contributed by atoms with Gasteiger partial charge in [0.2, 0.25) is 5.91 Å². The van der Waals surface area contributed by atoms with Gasteiger partial charge in [-0.2, -0.15) is 5.10 Å². The van der Waals surface area contributed by atoms with Gasteiger partial charge >= 0.3 is 0 Å². The second-order valence-corrected chi connectivity index (χ2v) is 6.07. The van der Waals surface area contributed by atoms with Crippen molar-refractivity contribution in [3.8, 4) is 0 Å². The van der Waals surface area contributed by atoms with Crippen LogP contribution < -0.4 is 5.32 Å². The molecule has 0 radical (unpaired) electrons. The fraction of sp³-hybridized carbons (Fsp3) is 0.471. The zero-order valence-corrected chi connectivity index (χ0v) is 14.2. The molecule has 3 rings (SSSR count). The topological polar surface area (TPSA) is 89.6 Å². The Morgan fingerprint density at radius 3 is 3.04 bits per heavy atom. The van der Waals surface area contributed by atoms with Crippen LogP contribution in [0.15, 0.2) is 35.4 Å². The number of furan rings is 1. The molecule has 1 N–H and O–H groups in total. The molecule has 134 valence electrons. The number of nitrogens with one attached hydrogen (secondary N) is 1. The molecule has 1 aliphatic heterocycles. The van der Waals surface area contributed by atoms with Crippen LogP contribution in [0.3, 0.4) is 0 Å². The monoisotopic (exact) mass is 346 g/mol. The number of hydrogen-bond acceptors (Lipinski definition) is 5. The molecule has 8 heteroatoms. The molecule has 3 heterocycles. The quantitative estimate of drug-likeness (QED) is 0.837. The smallest absolute Gasteiger partial charge is 0.257 e. The maximum absolute atomic E-state index is 12.5. The lowest BCUT2D eigenvalue weighted by atomic mass is 10.1. The predicted molar refractivity (Wildman–Crippen MR) is 88.9 cm³/mol. The lowest BCUT2D eigenvalue weighted by Gasteiger charge is -2.35. The van der Waals surface area contributed by atoms with E-state index in [4.69, 9.17) is 9.15 Å². The first-order valence-electron chi connectivity index (χ1n) is 8.30. The van der Waals surface area contributed by atoms with Gasteiger partial charge in [0.25, 0.3) is 5.91 Å². The van der Waals surface area contributed by atoms with E-state index in [2.05, 4.69) is 10.4 Å². The van der Waals surface area contributed by atoms with E-state index in [0.717, 1.165) is 5.56 Å². The minimum absolute atomic E-state index is 0.107. The standard InChI is InChI=1S/C17H22N4O4/c1-13-9-19-20(10-13)4-3-18-16(22)8-15-12-25-7-5-21(15)17(23)14-2-6-24-11-14/h2,6,9-11,15H,3-5,7-8,12H2,1H3,(H,18,22). The molecule has 2 aromatic heterocycles. The van der Waals surface area contributed by atoms with Gasteiger partial charge in [0.15, 0.2) is 0 Å². The zero-order chi connectivity index (χ0) is 17.6. The molecule has 0 spiro atoms. The van der Waals surface area contributed by atoms with Crippen molar-refractivity contribution >= 4 is 11.8 Å². The lowest BCUT2D eigenvalue weighted by Crippen LogP contribution is -2.50. The normalized spacial score (nSPS) is 17.5. The number of carbonyl (C=O) groups excluding carboxylic acids is 2. The molecule has 25 heavy (non-hydrogen) atoms. The van der Waals surface area contributed by atoms with Gasteiger partial charge in [-0.3, -0.25) is 14.3 Å². The number of amides is 2. The van der Waals surface area contributed by atoms with E-state index in [1.165, 1.54) is 12.5 Å². The first-order valence-corrected chi connectivity index (χ1v) is 8.30. The number of aryl methyl sites for hydroxylation is 1. The van der Waals surface area contributed by atoms with E-state index in [-0.39, 0.29) is 24.3 Å². The SMILES string of the molecule is Cc1cnn(CCNC(=O)CC2COCCN2C(=O)c2ccoc2)c1. The van der Waals surface area contributed by atoms with Gasteiger partial charge < -0.3 is 19.4 Å². The van der Waals surface area contributed by atoms with Gasteiger partial charge in [-0.15, -0.1) is 0 Å². The number of rotatable bonds is 6. The van der Waals surface area contributed by atoms with Crippen molar-refractivity contribution < 1.29 is 18.7 Å². The largest absolute Gasteiger partial charge is 0.472 e. The predicted octanol–water partition coefficient (Wildman–Crippen LogP) is 0.832. The molecule has 1 unspecified atom stereocenters. The molecule has 0 aromatic carbocycles. The molecule has 0 bridgehead atoms. The van der Waals surface area contributed by atoms with Crippen LogP contribution in [0.25, 0.3) is 0 Å². The Kier molecular flexibility index (Phi) is 5.49. The van der Waals surface area contributed by atoms with Crippen LogP contribution >= 0.6 is 0 Å². The lowest BCUT2D eigenvalue weighted by molar-refractivity contribution is -0.123. The van der Waals surface area contributed by atoms with Crippen LogP contribution in [0.2, 0.25) is 0 Å². The first-order chi connectivity index (χ1) is 12.1. The van der Waals surface area contributed by atoms with Crippen molar-refractivity contribution in [2.45, 2.75) is 25.9 Å². The number of aromatic nitrogens is 2. The number of carbonyl (C=O) groups is 2. The maximum Gasteiger partial charge on any atom is 0.257 e. The van der Waals surface area contributed by atoms with Crippen molar-refractivity contribution in [2.24, 2.45) is 0 Å². The van der Waals surface area contributed by atoms with Crippen LogP contribution in [0.5, 0.6) is 0 Å². The third-order valence-electron chi connectivity index (χ3n) is 4.10. The highest BCUT2D eigenvalue weighted by molar-refractivity contribution is 5.94. The Morgan fingerprint density at radius 2 is 2.32 bits per heavy atom. The molecule has 1 saturated heterocycles. The summed E-state index contributed by atoms with van der Waals surface area (Å²) in [6.07, 6.45) is 6.79. The number of morpholine rings is 1. The van der Waals surface area contributed by atoms with E-state index < -0.39 is 0 Å². The van der Waals surface area contributed by atoms with Crippen molar-refractivity contribution in [1.82, 2.24) is 20.0 Å². The Balaban J connectivity index is 1.50. The Labute approximate surface area is 145 Å². The average molecular weight is 346 g/mol. The summed E-state index contributed by atoms with van der Waals surface area (Å²) in [5.41, 5.74) is 1.57. The number of nitrogens with zero attached hydrogens (tertiary/aromatic N) is 3. The summed E-state index contributed by atoms with van der Waals surface area (Å²) in [5, 5.41) is 7.05. The van der Waals surface area contributed by atoms with Gasteiger partial charge in [0.1, 0.15) is 6.26 Å². The van der Waals surface area contributed by atoms with Gasteiger partial charge in [0.05, 0.1) is 43.8 Å². The highest BCUT2D eigenvalue weighted by Gasteiger charge is 2.30. The molecule has 2 aromatic rings. The van der Waals surface area contributed by atoms with Crippen LogP contribution in [0, 0.1) is 6.92 Å². The summed E-state index contributed by atoms with van der Waals surface area (Å²) in [7, 11) is 0. The summed E-state index contributed by atoms with van der Waals surface area (Å²) >= 11 is 0. The van der Waals surface area contributed by atoms with E-state index >= 15 is 0 Å². The van der Waals surface area contributed by atoms with Crippen molar-refractivity contribution in [3.63, 3.8) is 0 Å². The van der Waals surface area contributed by atoms with Crippen LogP contribution in [0.4, 0.5) is 0 Å².